The Labute approximate surface area is 111 Å². The van der Waals surface area contributed by atoms with E-state index < -0.39 is 0 Å². The lowest BCUT2D eigenvalue weighted by Crippen LogP contribution is -2.00. The molecule has 3 rings (SSSR count). The molecule has 0 bridgehead atoms. The molecule has 4 heteroatoms. The summed E-state index contributed by atoms with van der Waals surface area (Å²) in [4.78, 5) is 4.15. The zero-order valence-corrected chi connectivity index (χ0v) is 10.5. The second-order valence-electron chi connectivity index (χ2n) is 4.19. The summed E-state index contributed by atoms with van der Waals surface area (Å²) in [5.74, 6) is 0.705. The van der Waals surface area contributed by atoms with Crippen LogP contribution in [0.5, 0.6) is 0 Å². The molecule has 18 heavy (non-hydrogen) atoms. The van der Waals surface area contributed by atoms with Crippen LogP contribution >= 0.6 is 11.6 Å². The SMILES string of the molecule is Clc1ccc(NN=C2CCc3ccccc32)nc1. The third kappa shape index (κ3) is 2.22. The molecule has 1 aliphatic rings. The fourth-order valence-electron chi connectivity index (χ4n) is 2.09. The van der Waals surface area contributed by atoms with Crippen molar-refractivity contribution in [2.75, 3.05) is 5.43 Å². The number of anilines is 1. The normalized spacial score (nSPS) is 15.7. The van der Waals surface area contributed by atoms with Gasteiger partial charge in [-0.25, -0.2) is 4.98 Å². The van der Waals surface area contributed by atoms with E-state index in [0.29, 0.717) is 10.8 Å². The zero-order chi connectivity index (χ0) is 12.4. The predicted molar refractivity (Wildman–Crippen MR) is 74.2 cm³/mol. The number of nitrogens with zero attached hydrogens (tertiary/aromatic N) is 2. The summed E-state index contributed by atoms with van der Waals surface area (Å²) >= 11 is 5.78. The van der Waals surface area contributed by atoms with Gasteiger partial charge in [-0.3, -0.25) is 5.43 Å². The number of hydrogen-bond donors (Lipinski definition) is 1. The van der Waals surface area contributed by atoms with Gasteiger partial charge in [0, 0.05) is 11.8 Å². The highest BCUT2D eigenvalue weighted by molar-refractivity contribution is 6.30. The van der Waals surface area contributed by atoms with Crippen molar-refractivity contribution >= 4 is 23.1 Å². The molecule has 1 aromatic heterocycles. The van der Waals surface area contributed by atoms with E-state index in [1.165, 1.54) is 11.1 Å². The third-order valence-electron chi connectivity index (χ3n) is 2.99. The molecule has 0 amide bonds. The highest BCUT2D eigenvalue weighted by Gasteiger charge is 2.16. The largest absolute Gasteiger partial charge is 0.261 e. The van der Waals surface area contributed by atoms with Gasteiger partial charge in [0.25, 0.3) is 0 Å². The molecule has 1 N–H and O–H groups in total. The van der Waals surface area contributed by atoms with Gasteiger partial charge in [0.2, 0.25) is 0 Å². The Kier molecular flexibility index (Phi) is 2.99. The minimum Gasteiger partial charge on any atom is -0.261 e. The summed E-state index contributed by atoms with van der Waals surface area (Å²) in [7, 11) is 0. The van der Waals surface area contributed by atoms with Crippen LogP contribution in [0.15, 0.2) is 47.7 Å². The first-order valence-electron chi connectivity index (χ1n) is 5.85. The highest BCUT2D eigenvalue weighted by atomic mass is 35.5. The minimum absolute atomic E-state index is 0.624. The maximum absolute atomic E-state index is 5.78. The van der Waals surface area contributed by atoms with E-state index in [9.17, 15) is 0 Å². The molecule has 90 valence electrons. The zero-order valence-electron chi connectivity index (χ0n) is 9.73. The molecule has 0 fully saturated rings. The lowest BCUT2D eigenvalue weighted by atomic mass is 10.1. The number of halogens is 1. The van der Waals surface area contributed by atoms with Gasteiger partial charge in [-0.05, 0) is 30.5 Å². The maximum atomic E-state index is 5.78. The molecule has 0 unspecified atom stereocenters. The van der Waals surface area contributed by atoms with Crippen LogP contribution in [0.25, 0.3) is 0 Å². The summed E-state index contributed by atoms with van der Waals surface area (Å²) in [6, 6.07) is 12.0. The number of pyridine rings is 1. The van der Waals surface area contributed by atoms with Gasteiger partial charge in [0.05, 0.1) is 10.7 Å². The number of rotatable bonds is 2. The maximum Gasteiger partial charge on any atom is 0.146 e. The Hall–Kier alpha value is -1.87. The first kappa shape index (κ1) is 11.2. The molecular weight excluding hydrogens is 246 g/mol. The number of aromatic nitrogens is 1. The first-order valence-corrected chi connectivity index (χ1v) is 6.23. The predicted octanol–water partition coefficient (Wildman–Crippen LogP) is 3.50. The van der Waals surface area contributed by atoms with E-state index in [1.807, 2.05) is 12.1 Å². The molecule has 1 aromatic carbocycles. The second kappa shape index (κ2) is 4.78. The van der Waals surface area contributed by atoms with Crippen LogP contribution in [0.2, 0.25) is 5.02 Å². The van der Waals surface area contributed by atoms with Crippen LogP contribution in [-0.2, 0) is 6.42 Å². The van der Waals surface area contributed by atoms with Crippen molar-refractivity contribution in [3.8, 4) is 0 Å². The fourth-order valence-corrected chi connectivity index (χ4v) is 2.20. The molecule has 0 atom stereocenters. The molecule has 3 nitrogen and oxygen atoms in total. The van der Waals surface area contributed by atoms with Gasteiger partial charge in [0.15, 0.2) is 0 Å². The average Bonchev–Trinajstić information content (AvgIpc) is 2.82. The van der Waals surface area contributed by atoms with E-state index in [4.69, 9.17) is 11.6 Å². The number of nitrogens with one attached hydrogen (secondary N) is 1. The van der Waals surface area contributed by atoms with Gasteiger partial charge in [-0.2, -0.15) is 5.10 Å². The molecule has 0 spiro atoms. The molecule has 0 radical (unpaired) electrons. The average molecular weight is 258 g/mol. The van der Waals surface area contributed by atoms with Crippen molar-refractivity contribution in [1.82, 2.24) is 4.98 Å². The topological polar surface area (TPSA) is 37.3 Å². The number of benzene rings is 1. The highest BCUT2D eigenvalue weighted by Crippen LogP contribution is 2.22. The summed E-state index contributed by atoms with van der Waals surface area (Å²) in [6.45, 7) is 0. The van der Waals surface area contributed by atoms with Crippen LogP contribution in [0.3, 0.4) is 0 Å². The molecular formula is C14H12ClN3. The van der Waals surface area contributed by atoms with Crippen molar-refractivity contribution in [3.63, 3.8) is 0 Å². The Bertz CT molecular complexity index is 590. The standard InChI is InChI=1S/C14H12ClN3/c15-11-6-8-14(16-9-11)18-17-13-7-5-10-3-1-2-4-12(10)13/h1-4,6,8-9H,5,7H2,(H,16,18). The van der Waals surface area contributed by atoms with E-state index in [-0.39, 0.29) is 0 Å². The van der Waals surface area contributed by atoms with Crippen molar-refractivity contribution in [1.29, 1.82) is 0 Å². The number of hydrazone groups is 1. The second-order valence-corrected chi connectivity index (χ2v) is 4.63. The molecule has 0 saturated carbocycles. The van der Waals surface area contributed by atoms with Crippen LogP contribution in [-0.4, -0.2) is 10.7 Å². The Balaban J connectivity index is 1.80. The minimum atomic E-state index is 0.624. The Morgan fingerprint density at radius 2 is 2.00 bits per heavy atom. The van der Waals surface area contributed by atoms with E-state index in [1.54, 1.807) is 12.3 Å². The third-order valence-corrected chi connectivity index (χ3v) is 3.22. The van der Waals surface area contributed by atoms with Gasteiger partial charge in [0.1, 0.15) is 5.82 Å². The number of hydrogen-bond acceptors (Lipinski definition) is 3. The van der Waals surface area contributed by atoms with E-state index in [0.717, 1.165) is 18.6 Å². The van der Waals surface area contributed by atoms with Gasteiger partial charge in [-0.15, -0.1) is 0 Å². The number of fused-ring (bicyclic) bond motifs is 1. The van der Waals surface area contributed by atoms with Crippen molar-refractivity contribution in [2.45, 2.75) is 12.8 Å². The van der Waals surface area contributed by atoms with E-state index in [2.05, 4.69) is 33.7 Å². The lowest BCUT2D eigenvalue weighted by molar-refractivity contribution is 1.08. The fraction of sp³-hybridized carbons (Fsp3) is 0.143. The van der Waals surface area contributed by atoms with Crippen LogP contribution in [0.4, 0.5) is 5.82 Å². The van der Waals surface area contributed by atoms with Crippen molar-refractivity contribution in [2.24, 2.45) is 5.10 Å². The van der Waals surface area contributed by atoms with Crippen LogP contribution < -0.4 is 5.43 Å². The van der Waals surface area contributed by atoms with E-state index >= 15 is 0 Å². The quantitative estimate of drug-likeness (QED) is 0.836. The molecule has 1 aliphatic carbocycles. The van der Waals surface area contributed by atoms with Crippen LogP contribution in [0, 0.1) is 0 Å². The summed E-state index contributed by atoms with van der Waals surface area (Å²) in [5, 5.41) is 5.05. The monoisotopic (exact) mass is 257 g/mol. The van der Waals surface area contributed by atoms with Crippen LogP contribution in [0.1, 0.15) is 17.5 Å². The van der Waals surface area contributed by atoms with Gasteiger partial charge in [-0.1, -0.05) is 35.9 Å². The molecule has 0 aliphatic heterocycles. The van der Waals surface area contributed by atoms with Gasteiger partial charge < -0.3 is 0 Å². The lowest BCUT2D eigenvalue weighted by Gasteiger charge is -2.02. The summed E-state index contributed by atoms with van der Waals surface area (Å²) < 4.78 is 0. The Morgan fingerprint density at radius 3 is 2.83 bits per heavy atom. The molecule has 2 aromatic rings. The van der Waals surface area contributed by atoms with Crippen molar-refractivity contribution in [3.05, 3.63) is 58.7 Å². The van der Waals surface area contributed by atoms with Gasteiger partial charge >= 0.3 is 0 Å². The smallest absolute Gasteiger partial charge is 0.146 e. The summed E-state index contributed by atoms with van der Waals surface area (Å²) in [5.41, 5.74) is 6.66. The summed E-state index contributed by atoms with van der Waals surface area (Å²) in [6.07, 6.45) is 3.64. The number of aryl methyl sites for hydroxylation is 1. The molecule has 0 saturated heterocycles. The molecule has 1 heterocycles. The van der Waals surface area contributed by atoms with Crippen molar-refractivity contribution < 1.29 is 0 Å². The first-order chi connectivity index (χ1) is 8.83. The Morgan fingerprint density at radius 1 is 1.11 bits per heavy atom.